The molecule has 2 fully saturated rings. The predicted molar refractivity (Wildman–Crippen MR) is 92.9 cm³/mol. The number of hydrogen-bond acceptors (Lipinski definition) is 5. The van der Waals surface area contributed by atoms with Crippen LogP contribution < -0.4 is 9.80 Å². The number of anilines is 2. The largest absolute Gasteiger partial charge is 0.481 e. The van der Waals surface area contributed by atoms with Crippen molar-refractivity contribution < 1.29 is 23.1 Å². The summed E-state index contributed by atoms with van der Waals surface area (Å²) in [5.74, 6) is -0.187. The molecule has 0 radical (unpaired) electrons. The molecule has 2 aliphatic heterocycles. The van der Waals surface area contributed by atoms with Gasteiger partial charge in [0.2, 0.25) is 5.95 Å². The number of alkyl halides is 3. The van der Waals surface area contributed by atoms with Crippen molar-refractivity contribution in [2.45, 2.75) is 63.7 Å². The minimum Gasteiger partial charge on any atom is -0.481 e. The molecule has 0 amide bonds. The van der Waals surface area contributed by atoms with E-state index in [1.165, 1.54) is 0 Å². The Bertz CT molecular complexity index is 755. The lowest BCUT2D eigenvalue weighted by molar-refractivity contribution is -0.141. The molecule has 27 heavy (non-hydrogen) atoms. The van der Waals surface area contributed by atoms with Crippen molar-refractivity contribution >= 4 is 17.7 Å². The fraction of sp³-hybridized carbons (Fsp3) is 0.722. The number of hydrogen-bond donors (Lipinski definition) is 1. The summed E-state index contributed by atoms with van der Waals surface area (Å²) < 4.78 is 40.9. The van der Waals surface area contributed by atoms with Crippen molar-refractivity contribution in [2.75, 3.05) is 22.9 Å². The average molecular weight is 384 g/mol. The Morgan fingerprint density at radius 1 is 1.19 bits per heavy atom. The van der Waals surface area contributed by atoms with Crippen LogP contribution in [0.5, 0.6) is 0 Å². The van der Waals surface area contributed by atoms with Crippen LogP contribution in [-0.2, 0) is 17.4 Å². The van der Waals surface area contributed by atoms with Crippen LogP contribution in [0.25, 0.3) is 0 Å². The molecule has 1 aliphatic carbocycles. The van der Waals surface area contributed by atoms with Gasteiger partial charge in [-0.15, -0.1) is 0 Å². The Balaban J connectivity index is 1.65. The molecule has 0 spiro atoms. The maximum Gasteiger partial charge on any atom is 0.433 e. The highest BCUT2D eigenvalue weighted by molar-refractivity contribution is 5.67. The first-order valence-electron chi connectivity index (χ1n) is 9.47. The van der Waals surface area contributed by atoms with Crippen LogP contribution in [0.15, 0.2) is 0 Å². The molecule has 3 heterocycles. The lowest BCUT2D eigenvalue weighted by Gasteiger charge is -2.39. The van der Waals surface area contributed by atoms with E-state index >= 15 is 0 Å². The second kappa shape index (κ2) is 6.53. The number of carboxylic acids is 1. The van der Waals surface area contributed by atoms with E-state index in [0.29, 0.717) is 25.3 Å². The lowest BCUT2D eigenvalue weighted by Crippen LogP contribution is -2.47. The van der Waals surface area contributed by atoms with Crippen LogP contribution in [0.2, 0.25) is 0 Å². The van der Waals surface area contributed by atoms with Gasteiger partial charge in [-0.2, -0.15) is 18.2 Å². The first-order chi connectivity index (χ1) is 12.7. The summed E-state index contributed by atoms with van der Waals surface area (Å²) in [5.41, 5.74) is -0.634. The van der Waals surface area contributed by atoms with Crippen molar-refractivity contribution in [1.29, 1.82) is 0 Å². The number of aromatic nitrogens is 2. The summed E-state index contributed by atoms with van der Waals surface area (Å²) in [4.78, 5) is 23.2. The Morgan fingerprint density at radius 3 is 2.56 bits per heavy atom. The second-order valence-corrected chi connectivity index (χ2v) is 7.88. The van der Waals surface area contributed by atoms with Gasteiger partial charge in [-0.25, -0.2) is 4.98 Å². The Hall–Kier alpha value is -2.06. The van der Waals surface area contributed by atoms with E-state index in [-0.39, 0.29) is 42.4 Å². The van der Waals surface area contributed by atoms with E-state index in [9.17, 15) is 18.0 Å². The lowest BCUT2D eigenvalue weighted by atomic mass is 10.0. The number of nitrogens with zero attached hydrogens (tertiary/aromatic N) is 4. The molecule has 1 N–H and O–H groups in total. The van der Waals surface area contributed by atoms with Crippen LogP contribution in [0.1, 0.15) is 50.3 Å². The summed E-state index contributed by atoms with van der Waals surface area (Å²) in [6.07, 6.45) is -0.926. The summed E-state index contributed by atoms with van der Waals surface area (Å²) in [5, 5.41) is 9.00. The van der Waals surface area contributed by atoms with Crippen molar-refractivity contribution in [3.63, 3.8) is 0 Å². The fourth-order valence-electron chi connectivity index (χ4n) is 4.56. The van der Waals surface area contributed by atoms with Gasteiger partial charge >= 0.3 is 12.1 Å². The molecule has 1 saturated carbocycles. The van der Waals surface area contributed by atoms with Gasteiger partial charge in [0.15, 0.2) is 5.69 Å². The topological polar surface area (TPSA) is 69.6 Å². The van der Waals surface area contributed by atoms with Gasteiger partial charge in [0.05, 0.1) is 0 Å². The number of fused-ring (bicyclic) bond motifs is 1. The molecule has 1 saturated heterocycles. The zero-order valence-electron chi connectivity index (χ0n) is 15.2. The first-order valence-corrected chi connectivity index (χ1v) is 9.47. The third-order valence-corrected chi connectivity index (χ3v) is 6.11. The van der Waals surface area contributed by atoms with Gasteiger partial charge in [0, 0.05) is 37.2 Å². The van der Waals surface area contributed by atoms with Crippen LogP contribution >= 0.6 is 0 Å². The molecule has 3 atom stereocenters. The van der Waals surface area contributed by atoms with Crippen molar-refractivity contribution in [3.8, 4) is 0 Å². The average Bonchev–Trinajstić information content (AvgIpc) is 3.17. The molecule has 6 nitrogen and oxygen atoms in total. The number of aliphatic carboxylic acids is 1. The third kappa shape index (κ3) is 3.32. The number of rotatable bonds is 4. The molecule has 4 rings (SSSR count). The second-order valence-electron chi connectivity index (χ2n) is 7.88. The van der Waals surface area contributed by atoms with Gasteiger partial charge in [-0.1, -0.05) is 0 Å². The van der Waals surface area contributed by atoms with E-state index < -0.39 is 17.8 Å². The van der Waals surface area contributed by atoms with Gasteiger partial charge in [-0.05, 0) is 44.9 Å². The van der Waals surface area contributed by atoms with Crippen molar-refractivity contribution in [1.82, 2.24) is 9.97 Å². The van der Waals surface area contributed by atoms with Crippen molar-refractivity contribution in [2.24, 2.45) is 5.92 Å². The SMILES string of the molecule is C[C@H]1CCN1c1nc2c(c(C(F)(F)F)n1)CCN2[C@@H]1CC[C@H](CC(=O)O)C1. The van der Waals surface area contributed by atoms with Crippen LogP contribution in [0.4, 0.5) is 24.9 Å². The summed E-state index contributed by atoms with van der Waals surface area (Å²) in [7, 11) is 0. The standard InChI is InChI=1S/C18H23F3N4O2/c1-10-4-6-24(10)17-22-15(18(19,20)21)13-5-7-25(16(13)23-17)12-3-2-11(8-12)9-14(26)27/h10-12H,2-9H2,1H3,(H,26,27)/t10-,11-,12+/m0/s1. The van der Waals surface area contributed by atoms with Gasteiger partial charge in [0.25, 0.3) is 0 Å². The highest BCUT2D eigenvalue weighted by Gasteiger charge is 2.43. The van der Waals surface area contributed by atoms with Gasteiger partial charge in [-0.3, -0.25) is 4.79 Å². The number of halogens is 3. The summed E-state index contributed by atoms with van der Waals surface area (Å²) >= 11 is 0. The molecule has 0 bridgehead atoms. The molecule has 1 aromatic rings. The fourth-order valence-corrected chi connectivity index (χ4v) is 4.56. The van der Waals surface area contributed by atoms with Gasteiger partial charge in [0.1, 0.15) is 5.82 Å². The smallest absolute Gasteiger partial charge is 0.433 e. The van der Waals surface area contributed by atoms with E-state index in [1.807, 2.05) is 16.7 Å². The van der Waals surface area contributed by atoms with Crippen LogP contribution in [0.3, 0.4) is 0 Å². The highest BCUT2D eigenvalue weighted by Crippen LogP contribution is 2.43. The minimum absolute atomic E-state index is 0.0493. The quantitative estimate of drug-likeness (QED) is 0.860. The molecule has 148 valence electrons. The monoisotopic (exact) mass is 384 g/mol. The zero-order valence-corrected chi connectivity index (χ0v) is 15.2. The summed E-state index contributed by atoms with van der Waals surface area (Å²) in [6, 6.07) is 0.193. The van der Waals surface area contributed by atoms with Crippen LogP contribution in [-0.4, -0.2) is 46.2 Å². The third-order valence-electron chi connectivity index (χ3n) is 6.11. The molecule has 3 aliphatic rings. The maximum absolute atomic E-state index is 13.6. The summed E-state index contributed by atoms with van der Waals surface area (Å²) in [6.45, 7) is 3.11. The molecule has 1 aromatic heterocycles. The minimum atomic E-state index is -4.51. The van der Waals surface area contributed by atoms with E-state index in [4.69, 9.17) is 5.11 Å². The van der Waals surface area contributed by atoms with E-state index in [1.54, 1.807) is 0 Å². The normalized spacial score (nSPS) is 27.6. The Kier molecular flexibility index (Phi) is 4.43. The predicted octanol–water partition coefficient (Wildman–Crippen LogP) is 3.10. The first kappa shape index (κ1) is 18.3. The van der Waals surface area contributed by atoms with Gasteiger partial charge < -0.3 is 14.9 Å². The molecule has 9 heteroatoms. The molecular weight excluding hydrogens is 361 g/mol. The Morgan fingerprint density at radius 2 is 1.96 bits per heavy atom. The number of carboxylic acid groups (broad SMARTS) is 1. The molecule has 0 unspecified atom stereocenters. The highest BCUT2D eigenvalue weighted by atomic mass is 19.4. The van der Waals surface area contributed by atoms with E-state index in [2.05, 4.69) is 9.97 Å². The Labute approximate surface area is 155 Å². The van der Waals surface area contributed by atoms with E-state index in [0.717, 1.165) is 19.3 Å². The zero-order chi connectivity index (χ0) is 19.3. The molecular formula is C18H23F3N4O2. The molecule has 0 aromatic carbocycles. The van der Waals surface area contributed by atoms with Crippen LogP contribution in [0, 0.1) is 5.92 Å². The number of carbonyl (C=O) groups is 1. The van der Waals surface area contributed by atoms with Crippen molar-refractivity contribution in [3.05, 3.63) is 11.3 Å². The maximum atomic E-state index is 13.6.